The summed E-state index contributed by atoms with van der Waals surface area (Å²) in [4.78, 5) is 12.2. The third kappa shape index (κ3) is 5.58. The van der Waals surface area contributed by atoms with Crippen LogP contribution < -0.4 is 15.8 Å². The van der Waals surface area contributed by atoms with Crippen LogP contribution in [-0.2, 0) is 14.8 Å². The molecule has 1 aromatic rings. The maximum absolute atomic E-state index is 12.2. The number of hydrogen-bond acceptors (Lipinski definition) is 4. The minimum Gasteiger partial charge on any atom is -0.355 e. The highest BCUT2D eigenvalue weighted by molar-refractivity contribution is 7.89. The highest BCUT2D eigenvalue weighted by Crippen LogP contribution is 2.25. The first kappa shape index (κ1) is 18.9. The molecule has 1 aromatic carbocycles. The molecule has 1 fully saturated rings. The van der Waals surface area contributed by atoms with Gasteiger partial charge in [-0.25, -0.2) is 13.1 Å². The van der Waals surface area contributed by atoms with E-state index in [4.69, 9.17) is 5.73 Å². The fourth-order valence-electron chi connectivity index (χ4n) is 2.61. The number of rotatable bonds is 9. The van der Waals surface area contributed by atoms with Crippen molar-refractivity contribution < 1.29 is 13.2 Å². The molecule has 0 bridgehead atoms. The first-order chi connectivity index (χ1) is 11.4. The van der Waals surface area contributed by atoms with E-state index in [0.717, 1.165) is 18.4 Å². The lowest BCUT2D eigenvalue weighted by atomic mass is 9.86. The summed E-state index contributed by atoms with van der Waals surface area (Å²) < 4.78 is 26.4. The molecule has 2 unspecified atom stereocenters. The molecule has 0 heterocycles. The van der Waals surface area contributed by atoms with Crippen molar-refractivity contribution in [3.63, 3.8) is 0 Å². The Bertz CT molecular complexity index is 630. The van der Waals surface area contributed by atoms with Crippen LogP contribution in [0.15, 0.2) is 30.3 Å². The Balaban J connectivity index is 1.73. The molecule has 1 aliphatic carbocycles. The average Bonchev–Trinajstić information content (AvgIpc) is 2.52. The van der Waals surface area contributed by atoms with E-state index in [1.165, 1.54) is 6.42 Å². The predicted molar refractivity (Wildman–Crippen MR) is 94.7 cm³/mol. The van der Waals surface area contributed by atoms with Crippen molar-refractivity contribution in [2.75, 3.05) is 18.8 Å². The fraction of sp³-hybridized carbons (Fsp3) is 0.588. The van der Waals surface area contributed by atoms with Gasteiger partial charge in [-0.05, 0) is 24.3 Å². The molecule has 4 N–H and O–H groups in total. The molecule has 1 saturated carbocycles. The first-order valence-electron chi connectivity index (χ1n) is 8.44. The fourth-order valence-corrected chi connectivity index (χ4v) is 3.62. The zero-order chi connectivity index (χ0) is 17.6. The lowest BCUT2D eigenvalue weighted by Gasteiger charge is -2.25. The van der Waals surface area contributed by atoms with Crippen LogP contribution in [0.4, 0.5) is 0 Å². The summed E-state index contributed by atoms with van der Waals surface area (Å²) in [5.41, 5.74) is 6.99. The molecule has 7 heteroatoms. The molecule has 1 aliphatic rings. The van der Waals surface area contributed by atoms with Crippen LogP contribution in [0.1, 0.15) is 37.8 Å². The second kappa shape index (κ2) is 8.60. The highest BCUT2D eigenvalue weighted by atomic mass is 32.2. The Morgan fingerprint density at radius 2 is 1.96 bits per heavy atom. The van der Waals surface area contributed by atoms with Gasteiger partial charge in [0.15, 0.2) is 0 Å². The van der Waals surface area contributed by atoms with Gasteiger partial charge in [-0.15, -0.1) is 0 Å². The summed E-state index contributed by atoms with van der Waals surface area (Å²) >= 11 is 0. The summed E-state index contributed by atoms with van der Waals surface area (Å²) in [5.74, 6) is -0.310. The van der Waals surface area contributed by atoms with Gasteiger partial charge in [0, 0.05) is 19.1 Å². The molecule has 0 radical (unpaired) electrons. The van der Waals surface area contributed by atoms with E-state index < -0.39 is 22.0 Å². The number of carbonyl (C=O) groups excluding carboxylic acids is 1. The zero-order valence-corrected chi connectivity index (χ0v) is 14.9. The third-order valence-electron chi connectivity index (χ3n) is 4.62. The van der Waals surface area contributed by atoms with Crippen LogP contribution in [0.25, 0.3) is 0 Å². The number of benzene rings is 1. The second-order valence-corrected chi connectivity index (χ2v) is 8.41. The number of amides is 1. The molecule has 6 nitrogen and oxygen atoms in total. The summed E-state index contributed by atoms with van der Waals surface area (Å²) in [7, 11) is -3.34. The monoisotopic (exact) mass is 353 g/mol. The second-order valence-electron chi connectivity index (χ2n) is 6.48. The van der Waals surface area contributed by atoms with Crippen molar-refractivity contribution in [2.45, 2.75) is 32.2 Å². The van der Waals surface area contributed by atoms with Gasteiger partial charge < -0.3 is 11.1 Å². The van der Waals surface area contributed by atoms with Crippen molar-refractivity contribution >= 4 is 15.9 Å². The quantitative estimate of drug-likeness (QED) is 0.620. The van der Waals surface area contributed by atoms with E-state index in [1.807, 2.05) is 30.3 Å². The Hall–Kier alpha value is -1.44. The lowest BCUT2D eigenvalue weighted by molar-refractivity contribution is -0.125. The van der Waals surface area contributed by atoms with Gasteiger partial charge in [-0.2, -0.15) is 0 Å². The minimum absolute atomic E-state index is 0.0880. The van der Waals surface area contributed by atoms with E-state index >= 15 is 0 Å². The van der Waals surface area contributed by atoms with E-state index in [9.17, 15) is 13.2 Å². The molecule has 0 aliphatic heterocycles. The van der Waals surface area contributed by atoms with E-state index in [-0.39, 0.29) is 18.2 Å². The smallest absolute Gasteiger partial charge is 0.224 e. The topological polar surface area (TPSA) is 101 Å². The molecule has 1 amide bonds. The van der Waals surface area contributed by atoms with Crippen LogP contribution in [0.2, 0.25) is 0 Å². The normalized spacial score (nSPS) is 17.8. The molecule has 0 spiro atoms. The van der Waals surface area contributed by atoms with Crippen molar-refractivity contribution in [3.8, 4) is 0 Å². The van der Waals surface area contributed by atoms with Crippen LogP contribution >= 0.6 is 0 Å². The van der Waals surface area contributed by atoms with Gasteiger partial charge >= 0.3 is 0 Å². The van der Waals surface area contributed by atoms with Gasteiger partial charge in [0.1, 0.15) is 0 Å². The molecular weight excluding hydrogens is 326 g/mol. The van der Waals surface area contributed by atoms with E-state index in [1.54, 1.807) is 6.92 Å². The zero-order valence-electron chi connectivity index (χ0n) is 14.1. The number of hydrogen-bond donors (Lipinski definition) is 3. The van der Waals surface area contributed by atoms with Crippen LogP contribution in [-0.4, -0.2) is 33.2 Å². The van der Waals surface area contributed by atoms with Crippen LogP contribution in [0, 0.1) is 11.8 Å². The summed E-state index contributed by atoms with van der Waals surface area (Å²) in [6.07, 6.45) is 3.37. The molecule has 24 heavy (non-hydrogen) atoms. The van der Waals surface area contributed by atoms with Crippen molar-refractivity contribution in [3.05, 3.63) is 35.9 Å². The van der Waals surface area contributed by atoms with Crippen molar-refractivity contribution in [1.82, 2.24) is 10.0 Å². The Kier molecular flexibility index (Phi) is 6.77. The number of carbonyl (C=O) groups is 1. The average molecular weight is 353 g/mol. The van der Waals surface area contributed by atoms with Gasteiger partial charge in [0.2, 0.25) is 15.9 Å². The first-order valence-corrected chi connectivity index (χ1v) is 10.1. The maximum atomic E-state index is 12.2. The Morgan fingerprint density at radius 1 is 1.29 bits per heavy atom. The van der Waals surface area contributed by atoms with Crippen LogP contribution in [0.3, 0.4) is 0 Å². The van der Waals surface area contributed by atoms with Crippen molar-refractivity contribution in [1.29, 1.82) is 0 Å². The van der Waals surface area contributed by atoms with Crippen LogP contribution in [0.5, 0.6) is 0 Å². The molecule has 134 valence electrons. The van der Waals surface area contributed by atoms with Gasteiger partial charge in [0.25, 0.3) is 0 Å². The van der Waals surface area contributed by atoms with Crippen molar-refractivity contribution in [2.24, 2.45) is 17.6 Å². The molecule has 0 saturated heterocycles. The Morgan fingerprint density at radius 3 is 2.54 bits per heavy atom. The number of nitrogens with one attached hydrogen (secondary N) is 2. The van der Waals surface area contributed by atoms with E-state index in [0.29, 0.717) is 12.5 Å². The lowest BCUT2D eigenvalue weighted by Crippen LogP contribution is -2.40. The largest absolute Gasteiger partial charge is 0.355 e. The molecule has 2 rings (SSSR count). The summed E-state index contributed by atoms with van der Waals surface area (Å²) in [6, 6.07) is 8.98. The van der Waals surface area contributed by atoms with E-state index in [2.05, 4.69) is 10.0 Å². The van der Waals surface area contributed by atoms with Gasteiger partial charge in [-0.1, -0.05) is 43.7 Å². The summed E-state index contributed by atoms with van der Waals surface area (Å²) in [5, 5.41) is 2.67. The third-order valence-corrected chi connectivity index (χ3v) is 5.97. The molecule has 2 atom stereocenters. The molecular formula is C17H27N3O3S. The minimum atomic E-state index is -3.34. The van der Waals surface area contributed by atoms with Gasteiger partial charge in [0.05, 0.1) is 11.7 Å². The van der Waals surface area contributed by atoms with Gasteiger partial charge in [-0.3, -0.25) is 4.79 Å². The Labute approximate surface area is 144 Å². The number of nitrogens with two attached hydrogens (primary N) is 1. The highest BCUT2D eigenvalue weighted by Gasteiger charge is 2.23. The number of sulfonamides is 1. The SMILES string of the molecule is CC(C(=O)NCCS(=O)(=O)NCC1CCC1)C(N)c1ccccc1. The standard InChI is InChI=1S/C17H27N3O3S/c1-13(16(18)15-8-3-2-4-9-15)17(21)19-10-11-24(22,23)20-12-14-6-5-7-14/h2-4,8-9,13-14,16,20H,5-7,10-12,18H2,1H3,(H,19,21). The maximum Gasteiger partial charge on any atom is 0.224 e. The summed E-state index contributed by atoms with van der Waals surface area (Å²) in [6.45, 7) is 2.34. The molecule has 0 aromatic heterocycles. The predicted octanol–water partition coefficient (Wildman–Crippen LogP) is 1.16.